The fraction of sp³-hybridized carbons (Fsp3) is 0.359. The third-order valence-corrected chi connectivity index (χ3v) is 11.8. The molecule has 1 aliphatic carbocycles. The molecule has 52 heavy (non-hydrogen) atoms. The Morgan fingerprint density at radius 2 is 1.69 bits per heavy atom. The van der Waals surface area contributed by atoms with Crippen molar-refractivity contribution in [3.8, 4) is 28.3 Å². The third kappa shape index (κ3) is 5.66. The molecule has 3 aromatic heterocycles. The zero-order valence-corrected chi connectivity index (χ0v) is 31.0. The van der Waals surface area contributed by atoms with Gasteiger partial charge in [0.05, 0.1) is 39.6 Å². The monoisotopic (exact) mass is 739 g/mol. The van der Waals surface area contributed by atoms with E-state index in [0.29, 0.717) is 61.9 Å². The molecular weight excluding hydrogens is 701 g/mol. The number of piperidine rings is 1. The number of hydrogen-bond acceptors (Lipinski definition) is 8. The first-order valence-corrected chi connectivity index (χ1v) is 18.3. The first kappa shape index (κ1) is 34.4. The first-order valence-electron chi connectivity index (χ1n) is 17.5. The number of fused-ring (bicyclic) bond motifs is 2. The predicted octanol–water partition coefficient (Wildman–Crippen LogP) is 6.46. The topological polar surface area (TPSA) is 123 Å². The molecule has 2 saturated heterocycles. The predicted molar refractivity (Wildman–Crippen MR) is 204 cm³/mol. The SMILES string of the molecule is COc1nc(-c2cccc(-c3cccc(Nc4nc(C)cc5c4c(=O)n(C)c(=O)n5C)c3Cl)c2Cl)cc2c1C(N1CCC3(CCCC(=O)N3)C1)CC2. The van der Waals surface area contributed by atoms with Gasteiger partial charge in [-0.2, -0.15) is 0 Å². The van der Waals surface area contributed by atoms with Crippen molar-refractivity contribution < 1.29 is 9.53 Å². The van der Waals surface area contributed by atoms with Crippen molar-refractivity contribution in [2.75, 3.05) is 25.5 Å². The minimum atomic E-state index is -0.457. The molecule has 8 rings (SSSR count). The number of carbonyl (C=O) groups excluding carboxylic acids is 1. The Morgan fingerprint density at radius 3 is 2.46 bits per heavy atom. The maximum absolute atomic E-state index is 13.3. The maximum atomic E-state index is 13.3. The molecule has 2 fully saturated rings. The molecule has 2 unspecified atom stereocenters. The van der Waals surface area contributed by atoms with Crippen LogP contribution in [-0.2, 0) is 25.3 Å². The van der Waals surface area contributed by atoms with E-state index >= 15 is 0 Å². The second kappa shape index (κ2) is 13.1. The molecule has 2 N–H and O–H groups in total. The van der Waals surface area contributed by atoms with Crippen LogP contribution in [0.2, 0.25) is 10.0 Å². The highest BCUT2D eigenvalue weighted by Gasteiger charge is 2.45. The van der Waals surface area contributed by atoms with Crippen molar-refractivity contribution in [2.24, 2.45) is 14.1 Å². The van der Waals surface area contributed by atoms with Gasteiger partial charge < -0.3 is 15.4 Å². The van der Waals surface area contributed by atoms with Gasteiger partial charge in [0.2, 0.25) is 11.8 Å². The highest BCUT2D eigenvalue weighted by atomic mass is 35.5. The molecule has 1 amide bonds. The molecule has 0 saturated carbocycles. The summed E-state index contributed by atoms with van der Waals surface area (Å²) >= 11 is 14.3. The average Bonchev–Trinajstić information content (AvgIpc) is 3.74. The molecule has 3 aliphatic rings. The van der Waals surface area contributed by atoms with Crippen LogP contribution in [0.3, 0.4) is 0 Å². The molecule has 13 heteroatoms. The van der Waals surface area contributed by atoms with Crippen LogP contribution < -0.4 is 26.6 Å². The number of ether oxygens (including phenoxy) is 1. The van der Waals surface area contributed by atoms with Gasteiger partial charge in [-0.05, 0) is 62.8 Å². The van der Waals surface area contributed by atoms with Crippen LogP contribution in [0.15, 0.2) is 58.1 Å². The number of nitrogens with zero attached hydrogens (tertiary/aromatic N) is 5. The number of methoxy groups -OCH3 is 1. The summed E-state index contributed by atoms with van der Waals surface area (Å²) in [5, 5.41) is 7.73. The van der Waals surface area contributed by atoms with Crippen LogP contribution in [0.25, 0.3) is 33.3 Å². The molecule has 0 bridgehead atoms. The van der Waals surface area contributed by atoms with Crippen LogP contribution in [0, 0.1) is 6.92 Å². The Balaban J connectivity index is 1.13. The Hall–Kier alpha value is -4.71. The first-order chi connectivity index (χ1) is 25.0. The highest BCUT2D eigenvalue weighted by molar-refractivity contribution is 6.39. The lowest BCUT2D eigenvalue weighted by Gasteiger charge is -2.35. The molecule has 2 aromatic carbocycles. The lowest BCUT2D eigenvalue weighted by molar-refractivity contribution is -0.125. The summed E-state index contributed by atoms with van der Waals surface area (Å²) in [6.45, 7) is 3.56. The smallest absolute Gasteiger partial charge is 0.330 e. The molecule has 5 heterocycles. The standard InChI is InChI=1S/C39H39Cl2N7O4/c1-21-18-29-32(37(50)47(3)38(51)46(29)2)35(42-21)43-26-11-6-9-24(34(26)41)23-8-5-10-25(33(23)40)27-19-22-13-14-28(31(22)36(44-27)52-4)48-17-16-39(20-48)15-7-12-30(49)45-39/h5-6,8-11,18-19,28H,7,12-17,20H2,1-4H3,(H,42,43)(H,45,49). The summed E-state index contributed by atoms with van der Waals surface area (Å²) in [6.07, 6.45) is 5.36. The summed E-state index contributed by atoms with van der Waals surface area (Å²) < 4.78 is 8.45. The van der Waals surface area contributed by atoms with Gasteiger partial charge in [-0.1, -0.05) is 53.5 Å². The van der Waals surface area contributed by atoms with Gasteiger partial charge in [-0.25, -0.2) is 14.8 Å². The van der Waals surface area contributed by atoms with E-state index in [0.717, 1.165) is 60.9 Å². The van der Waals surface area contributed by atoms with Crippen LogP contribution in [0.1, 0.15) is 55.0 Å². The normalized spacial score (nSPS) is 20.0. The average molecular weight is 741 g/mol. The molecule has 1 spiro atoms. The molecule has 2 aliphatic heterocycles. The van der Waals surface area contributed by atoms with Crippen molar-refractivity contribution >= 4 is 51.5 Å². The molecule has 0 radical (unpaired) electrons. The summed E-state index contributed by atoms with van der Waals surface area (Å²) in [6, 6.07) is 15.4. The minimum absolute atomic E-state index is 0.137. The molecule has 268 valence electrons. The number of likely N-dealkylation sites (tertiary alicyclic amines) is 1. The van der Waals surface area contributed by atoms with Gasteiger partial charge in [-0.3, -0.25) is 23.6 Å². The van der Waals surface area contributed by atoms with Gasteiger partial charge in [0.15, 0.2) is 0 Å². The van der Waals surface area contributed by atoms with E-state index in [2.05, 4.69) is 26.6 Å². The second-order valence-corrected chi connectivity index (χ2v) is 15.0. The summed E-state index contributed by atoms with van der Waals surface area (Å²) in [4.78, 5) is 50.3. The van der Waals surface area contributed by atoms with Crippen molar-refractivity contribution in [1.29, 1.82) is 0 Å². The number of nitrogens with one attached hydrogen (secondary N) is 2. The fourth-order valence-corrected chi connectivity index (χ4v) is 9.03. The zero-order valence-electron chi connectivity index (χ0n) is 29.5. The van der Waals surface area contributed by atoms with E-state index in [1.807, 2.05) is 30.3 Å². The van der Waals surface area contributed by atoms with Crippen molar-refractivity contribution in [3.63, 3.8) is 0 Å². The van der Waals surface area contributed by atoms with Gasteiger partial charge in [0.25, 0.3) is 5.56 Å². The quantitative estimate of drug-likeness (QED) is 0.204. The molecule has 5 aromatic rings. The van der Waals surface area contributed by atoms with Gasteiger partial charge in [-0.15, -0.1) is 0 Å². The number of hydrogen-bond donors (Lipinski definition) is 2. The Bertz CT molecular complexity index is 2430. The van der Waals surface area contributed by atoms with E-state index in [9.17, 15) is 14.4 Å². The maximum Gasteiger partial charge on any atom is 0.330 e. The fourth-order valence-electron chi connectivity index (χ4n) is 8.43. The zero-order chi connectivity index (χ0) is 36.5. The van der Waals surface area contributed by atoms with E-state index < -0.39 is 11.2 Å². The number of anilines is 2. The van der Waals surface area contributed by atoms with Crippen molar-refractivity contribution in [3.05, 3.63) is 96.2 Å². The lowest BCUT2D eigenvalue weighted by atomic mass is 9.88. The Kier molecular flexibility index (Phi) is 8.63. The summed E-state index contributed by atoms with van der Waals surface area (Å²) in [7, 11) is 4.73. The van der Waals surface area contributed by atoms with Crippen molar-refractivity contribution in [1.82, 2.24) is 29.3 Å². The Morgan fingerprint density at radius 1 is 0.942 bits per heavy atom. The number of rotatable bonds is 6. The molecule has 11 nitrogen and oxygen atoms in total. The van der Waals surface area contributed by atoms with Crippen molar-refractivity contribution in [2.45, 2.75) is 57.0 Å². The van der Waals surface area contributed by atoms with E-state index in [-0.39, 0.29) is 22.9 Å². The second-order valence-electron chi connectivity index (χ2n) is 14.2. The molecule has 2 atom stereocenters. The minimum Gasteiger partial charge on any atom is -0.481 e. The summed E-state index contributed by atoms with van der Waals surface area (Å²) in [5.41, 5.74) is 5.77. The largest absolute Gasteiger partial charge is 0.481 e. The number of carbonyl (C=O) groups is 1. The van der Waals surface area contributed by atoms with E-state index in [1.54, 1.807) is 33.2 Å². The van der Waals surface area contributed by atoms with Gasteiger partial charge >= 0.3 is 5.69 Å². The van der Waals surface area contributed by atoms with Crippen LogP contribution in [0.4, 0.5) is 11.5 Å². The van der Waals surface area contributed by atoms with Crippen LogP contribution in [0.5, 0.6) is 5.88 Å². The number of aromatic nitrogens is 4. The van der Waals surface area contributed by atoms with E-state index in [1.165, 1.54) is 17.2 Å². The van der Waals surface area contributed by atoms with Crippen LogP contribution in [-0.4, -0.2) is 55.6 Å². The van der Waals surface area contributed by atoms with E-state index in [4.69, 9.17) is 32.9 Å². The summed E-state index contributed by atoms with van der Waals surface area (Å²) in [5.74, 6) is 1.05. The Labute approximate surface area is 310 Å². The molecular formula is C39H39Cl2N7O4. The highest BCUT2D eigenvalue weighted by Crippen LogP contribution is 2.47. The number of halogens is 2. The third-order valence-electron chi connectivity index (χ3n) is 11.0. The number of aryl methyl sites for hydroxylation is 3. The number of amides is 1. The van der Waals surface area contributed by atoms with Gasteiger partial charge in [0, 0.05) is 67.6 Å². The lowest BCUT2D eigenvalue weighted by Crippen LogP contribution is -2.53. The van der Waals surface area contributed by atoms with Gasteiger partial charge in [0.1, 0.15) is 11.2 Å². The number of benzene rings is 2. The van der Waals surface area contributed by atoms with Crippen LogP contribution >= 0.6 is 23.2 Å². The number of pyridine rings is 2.